The van der Waals surface area contributed by atoms with Crippen molar-refractivity contribution in [1.82, 2.24) is 15.5 Å². The molecule has 1 saturated heterocycles. The molecule has 0 bridgehead atoms. The van der Waals surface area contributed by atoms with Crippen molar-refractivity contribution >= 4 is 68.7 Å². The molecule has 248 valence electrons. The quantitative estimate of drug-likeness (QED) is 0.153. The van der Waals surface area contributed by atoms with Gasteiger partial charge in [-0.2, -0.15) is 0 Å². The molecule has 0 spiro atoms. The fourth-order valence-corrected chi connectivity index (χ4v) is 8.47. The summed E-state index contributed by atoms with van der Waals surface area (Å²) in [7, 11) is 0. The van der Waals surface area contributed by atoms with Gasteiger partial charge in [-0.3, -0.25) is 19.2 Å². The molecular formula is C37H35Cl2N3O5S. The molecule has 1 unspecified atom stereocenters. The van der Waals surface area contributed by atoms with Gasteiger partial charge < -0.3 is 20.1 Å². The summed E-state index contributed by atoms with van der Waals surface area (Å²) in [5, 5.41) is 7.74. The van der Waals surface area contributed by atoms with Gasteiger partial charge in [-0.05, 0) is 76.6 Å². The van der Waals surface area contributed by atoms with Crippen LogP contribution < -0.4 is 10.6 Å². The van der Waals surface area contributed by atoms with Crippen LogP contribution >= 0.6 is 23.2 Å². The Kier molecular flexibility index (Phi) is 10.1. The number of nitrogens with zero attached hydrogens (tertiary/aromatic N) is 1. The van der Waals surface area contributed by atoms with Crippen LogP contribution in [-0.4, -0.2) is 56.8 Å². The first-order valence-electron chi connectivity index (χ1n) is 15.9. The van der Waals surface area contributed by atoms with Crippen LogP contribution in [-0.2, 0) is 42.3 Å². The van der Waals surface area contributed by atoms with Gasteiger partial charge in [0.2, 0.25) is 17.6 Å². The van der Waals surface area contributed by atoms with E-state index in [9.17, 15) is 23.7 Å². The van der Waals surface area contributed by atoms with Gasteiger partial charge in [-0.1, -0.05) is 96.9 Å². The number of ketones is 1. The van der Waals surface area contributed by atoms with Gasteiger partial charge in [0.15, 0.2) is 4.90 Å². The largest absolute Gasteiger partial charge is 0.611 e. The van der Waals surface area contributed by atoms with Crippen LogP contribution in [0.5, 0.6) is 0 Å². The summed E-state index contributed by atoms with van der Waals surface area (Å²) in [4.78, 5) is 56.5. The Morgan fingerprint density at radius 3 is 2.33 bits per heavy atom. The summed E-state index contributed by atoms with van der Waals surface area (Å²) in [6.07, 6.45) is 1.47. The number of hydrogen-bond acceptors (Lipinski definition) is 5. The number of fused-ring (bicyclic) bond motifs is 1. The summed E-state index contributed by atoms with van der Waals surface area (Å²) in [6, 6.07) is 25.3. The van der Waals surface area contributed by atoms with Gasteiger partial charge >= 0.3 is 0 Å². The lowest BCUT2D eigenvalue weighted by Gasteiger charge is -2.29. The van der Waals surface area contributed by atoms with Gasteiger partial charge in [0.05, 0.1) is 23.0 Å². The molecule has 1 heterocycles. The maximum atomic E-state index is 14.3. The molecule has 8 nitrogen and oxygen atoms in total. The zero-order valence-corrected chi connectivity index (χ0v) is 28.6. The number of rotatable bonds is 11. The van der Waals surface area contributed by atoms with Crippen LogP contribution in [0.4, 0.5) is 0 Å². The van der Waals surface area contributed by atoms with E-state index in [0.717, 1.165) is 21.9 Å². The third-order valence-corrected chi connectivity index (χ3v) is 11.8. The van der Waals surface area contributed by atoms with Crippen molar-refractivity contribution in [3.05, 3.63) is 112 Å². The topological polar surface area (TPSA) is 119 Å². The number of carbonyl (C=O) groups excluding carboxylic acids is 4. The lowest BCUT2D eigenvalue weighted by Crippen LogP contribution is -2.54. The Labute approximate surface area is 292 Å². The Hall–Kier alpha value is -3.89. The monoisotopic (exact) mass is 703 g/mol. The van der Waals surface area contributed by atoms with Crippen molar-refractivity contribution in [1.29, 1.82) is 0 Å². The van der Waals surface area contributed by atoms with Crippen molar-refractivity contribution in [2.45, 2.75) is 66.8 Å². The molecule has 4 aromatic rings. The minimum Gasteiger partial charge on any atom is -0.611 e. The first kappa shape index (κ1) is 34.0. The van der Waals surface area contributed by atoms with E-state index in [4.69, 9.17) is 23.2 Å². The van der Waals surface area contributed by atoms with E-state index in [1.165, 1.54) is 4.90 Å². The number of carbonyl (C=O) groups is 4. The first-order chi connectivity index (χ1) is 23.1. The zero-order valence-electron chi connectivity index (χ0n) is 26.3. The number of Topliss-reactive ketones (excluding diaryl/α,β-unsaturated/α-hetero) is 1. The minimum atomic E-state index is -1.61. The first-order valence-corrected chi connectivity index (χ1v) is 17.9. The summed E-state index contributed by atoms with van der Waals surface area (Å²) >= 11 is 10.9. The Balaban J connectivity index is 1.19. The molecule has 2 fully saturated rings. The van der Waals surface area contributed by atoms with Gasteiger partial charge in [0, 0.05) is 18.0 Å². The molecule has 48 heavy (non-hydrogen) atoms. The van der Waals surface area contributed by atoms with Crippen LogP contribution in [0, 0.1) is 0 Å². The van der Waals surface area contributed by atoms with E-state index in [2.05, 4.69) is 10.6 Å². The van der Waals surface area contributed by atoms with E-state index in [1.807, 2.05) is 54.6 Å². The molecule has 1 aliphatic heterocycles. The Bertz CT molecular complexity index is 1860. The highest BCUT2D eigenvalue weighted by Gasteiger charge is 2.57. The molecule has 3 amide bonds. The highest BCUT2D eigenvalue weighted by atomic mass is 35.5. The van der Waals surface area contributed by atoms with Crippen LogP contribution in [0.1, 0.15) is 43.7 Å². The summed E-state index contributed by atoms with van der Waals surface area (Å²) in [5.74, 6) is -2.41. The molecule has 1 saturated carbocycles. The van der Waals surface area contributed by atoms with E-state index in [1.54, 1.807) is 43.3 Å². The van der Waals surface area contributed by atoms with E-state index in [0.29, 0.717) is 27.8 Å². The van der Waals surface area contributed by atoms with Crippen LogP contribution in [0.25, 0.3) is 10.8 Å². The molecule has 0 radical (unpaired) electrons. The van der Waals surface area contributed by atoms with Crippen molar-refractivity contribution in [2.75, 3.05) is 6.54 Å². The second kappa shape index (κ2) is 14.3. The highest BCUT2D eigenvalue weighted by Crippen LogP contribution is 2.51. The van der Waals surface area contributed by atoms with Gasteiger partial charge in [0.1, 0.15) is 11.3 Å². The van der Waals surface area contributed by atoms with Gasteiger partial charge in [-0.15, -0.1) is 0 Å². The van der Waals surface area contributed by atoms with Gasteiger partial charge in [-0.25, -0.2) is 0 Å². The lowest BCUT2D eigenvalue weighted by molar-refractivity contribution is -0.143. The number of likely N-dealkylation sites (tertiary alicyclic amines) is 1. The minimum absolute atomic E-state index is 0.0698. The molecule has 2 aliphatic rings. The molecule has 4 atom stereocenters. The lowest BCUT2D eigenvalue weighted by atomic mass is 9.94. The third kappa shape index (κ3) is 6.83. The van der Waals surface area contributed by atoms with E-state index < -0.39 is 51.5 Å². The predicted octanol–water partition coefficient (Wildman–Crippen LogP) is 5.74. The average Bonchev–Trinajstić information content (AvgIpc) is 3.80. The molecule has 4 aromatic carbocycles. The predicted molar refractivity (Wildman–Crippen MR) is 187 cm³/mol. The summed E-state index contributed by atoms with van der Waals surface area (Å²) < 4.78 is 13.8. The van der Waals surface area contributed by atoms with Crippen molar-refractivity contribution < 1.29 is 23.7 Å². The normalized spacial score (nSPS) is 19.4. The number of amides is 3. The Morgan fingerprint density at radius 2 is 1.62 bits per heavy atom. The SMILES string of the molecule is CC[C@H](NC(=O)[C@@H]1C[C@@H]([S+]([O-])c2ccccc2Cl)CN1C(=O)C1(c2ccc(Cl)cc2)CC1)C(=O)C(=O)NCc1cccc2ccccc12. The second-order valence-corrected chi connectivity index (χ2v) is 14.8. The number of nitrogens with one attached hydrogen (secondary N) is 2. The molecular weight excluding hydrogens is 669 g/mol. The smallest absolute Gasteiger partial charge is 0.289 e. The van der Waals surface area contributed by atoms with Crippen LogP contribution in [0.15, 0.2) is 95.9 Å². The molecule has 1 aliphatic carbocycles. The number of hydrogen-bond donors (Lipinski definition) is 2. The number of benzene rings is 4. The van der Waals surface area contributed by atoms with Crippen LogP contribution in [0.2, 0.25) is 10.0 Å². The standard InChI is InChI=1S/C37H35Cl2N3O5S/c1-2-30(33(43)35(45)40-21-24-10-7-9-23-8-3-4-11-28(23)24)41-34(44)31-20-27(48(47)32-13-6-5-12-29(32)39)22-42(31)36(46)37(18-19-37)25-14-16-26(38)17-15-25/h3-17,27,30-31H,2,18-22H2,1H3,(H,40,45)(H,41,44)/t27-,30+,31+,48?/m1/s1. The van der Waals surface area contributed by atoms with Crippen molar-refractivity contribution in [2.24, 2.45) is 0 Å². The fourth-order valence-electron chi connectivity index (χ4n) is 6.50. The molecule has 0 aromatic heterocycles. The zero-order chi connectivity index (χ0) is 34.0. The third-order valence-electron chi connectivity index (χ3n) is 9.32. The van der Waals surface area contributed by atoms with Crippen molar-refractivity contribution in [3.63, 3.8) is 0 Å². The molecule has 6 rings (SSSR count). The van der Waals surface area contributed by atoms with Gasteiger partial charge in [0.25, 0.3) is 5.91 Å². The van der Waals surface area contributed by atoms with Crippen molar-refractivity contribution in [3.8, 4) is 0 Å². The second-order valence-electron chi connectivity index (χ2n) is 12.3. The maximum Gasteiger partial charge on any atom is 0.289 e. The van der Waals surface area contributed by atoms with E-state index >= 15 is 0 Å². The van der Waals surface area contributed by atoms with E-state index in [-0.39, 0.29) is 31.8 Å². The van der Waals surface area contributed by atoms with Crippen LogP contribution in [0.3, 0.4) is 0 Å². The number of halogens is 2. The summed E-state index contributed by atoms with van der Waals surface area (Å²) in [6.45, 7) is 1.91. The Morgan fingerprint density at radius 1 is 0.938 bits per heavy atom. The maximum absolute atomic E-state index is 14.3. The fraction of sp³-hybridized carbons (Fsp3) is 0.297. The summed E-state index contributed by atoms with van der Waals surface area (Å²) in [5.41, 5.74) is 0.848. The molecule has 11 heteroatoms. The highest BCUT2D eigenvalue weighted by molar-refractivity contribution is 7.92. The average molecular weight is 705 g/mol. The molecule has 2 N–H and O–H groups in total.